The van der Waals surface area contributed by atoms with E-state index in [9.17, 15) is 14.0 Å². The molecule has 3 heterocycles. The monoisotopic (exact) mass is 460 g/mol. The Kier molecular flexibility index (Phi) is 7.81. The maximum atomic E-state index is 13.6. The topological polar surface area (TPSA) is 134 Å². The van der Waals surface area contributed by atoms with E-state index in [1.165, 1.54) is 10.9 Å². The molecule has 3 atom stereocenters. The molecule has 3 N–H and O–H groups in total. The van der Waals surface area contributed by atoms with Crippen LogP contribution in [0.1, 0.15) is 65.0 Å². The second-order valence-electron chi connectivity index (χ2n) is 8.16. The van der Waals surface area contributed by atoms with Gasteiger partial charge in [-0.3, -0.25) is 9.36 Å². The number of carbonyl (C=O) groups is 2. The van der Waals surface area contributed by atoms with Gasteiger partial charge in [-0.2, -0.15) is 14.4 Å². The van der Waals surface area contributed by atoms with Crippen molar-refractivity contribution in [2.24, 2.45) is 0 Å². The maximum absolute atomic E-state index is 13.6. The number of nitrogens with one attached hydrogen (secondary N) is 1. The summed E-state index contributed by atoms with van der Waals surface area (Å²) in [6.07, 6.45) is 10.7. The highest BCUT2D eigenvalue weighted by atomic mass is 19.1. The Morgan fingerprint density at radius 2 is 2.24 bits per heavy atom. The number of esters is 1. The highest BCUT2D eigenvalue weighted by Crippen LogP contribution is 2.38. The number of imidazole rings is 1. The van der Waals surface area contributed by atoms with Gasteiger partial charge >= 0.3 is 12.0 Å². The summed E-state index contributed by atoms with van der Waals surface area (Å²) in [7, 11) is 0. The van der Waals surface area contributed by atoms with Crippen molar-refractivity contribution in [1.29, 1.82) is 0 Å². The summed E-state index contributed by atoms with van der Waals surface area (Å²) in [4.78, 5) is 35.7. The van der Waals surface area contributed by atoms with Crippen LogP contribution in [0.25, 0.3) is 11.2 Å². The number of terminal acetylenes is 1. The molecule has 33 heavy (non-hydrogen) atoms. The second-order valence-corrected chi connectivity index (χ2v) is 8.16. The van der Waals surface area contributed by atoms with E-state index in [1.807, 2.05) is 0 Å². The minimum Gasteiger partial charge on any atom is -0.460 e. The molecule has 0 radical (unpaired) electrons. The number of hydrogen-bond donors (Lipinski definition) is 2. The predicted molar refractivity (Wildman–Crippen MR) is 118 cm³/mol. The number of hydrogen-bond acceptors (Lipinski definition) is 8. The minimum atomic E-state index is -1.17. The Morgan fingerprint density at radius 1 is 1.45 bits per heavy atom. The van der Waals surface area contributed by atoms with Crippen LogP contribution >= 0.6 is 0 Å². The smallest absolute Gasteiger partial charge is 0.328 e. The number of halogens is 1. The lowest BCUT2D eigenvalue weighted by atomic mass is 10.0. The van der Waals surface area contributed by atoms with Crippen molar-refractivity contribution in [3.63, 3.8) is 0 Å². The van der Waals surface area contributed by atoms with E-state index in [0.717, 1.165) is 25.7 Å². The van der Waals surface area contributed by atoms with Crippen molar-refractivity contribution in [2.45, 2.75) is 76.7 Å². The molecule has 1 amide bonds. The third-order valence-corrected chi connectivity index (χ3v) is 5.59. The first-order valence-corrected chi connectivity index (χ1v) is 11.1. The molecule has 0 bridgehead atoms. The van der Waals surface area contributed by atoms with E-state index < -0.39 is 29.9 Å². The van der Waals surface area contributed by atoms with E-state index in [-0.39, 0.29) is 29.5 Å². The number of nitrogen functional groups attached to an aromatic ring is 1. The maximum Gasteiger partial charge on any atom is 0.328 e. The van der Waals surface area contributed by atoms with Gasteiger partial charge in [0, 0.05) is 6.42 Å². The summed E-state index contributed by atoms with van der Waals surface area (Å²) in [5.41, 5.74) is 4.98. The summed E-state index contributed by atoms with van der Waals surface area (Å²) >= 11 is 0. The van der Waals surface area contributed by atoms with Gasteiger partial charge in [0.05, 0.1) is 6.33 Å². The third kappa shape index (κ3) is 5.76. The van der Waals surface area contributed by atoms with Crippen LogP contribution in [0.15, 0.2) is 6.33 Å². The van der Waals surface area contributed by atoms with Gasteiger partial charge in [0.15, 0.2) is 22.6 Å². The number of ether oxygens (including phenoxy) is 2. The van der Waals surface area contributed by atoms with Gasteiger partial charge in [0.25, 0.3) is 0 Å². The van der Waals surface area contributed by atoms with Gasteiger partial charge in [-0.05, 0) is 26.2 Å². The number of carbonyl (C=O) groups excluding carboxylic acids is 2. The summed E-state index contributed by atoms with van der Waals surface area (Å²) in [5.74, 6) is 1.69. The van der Waals surface area contributed by atoms with Gasteiger partial charge in [0.2, 0.25) is 5.91 Å². The average Bonchev–Trinajstić information content (AvgIpc) is 3.40. The number of nitrogens with zero attached hydrogens (tertiary/aromatic N) is 4. The second kappa shape index (κ2) is 10.6. The van der Waals surface area contributed by atoms with E-state index in [2.05, 4.69) is 33.1 Å². The van der Waals surface area contributed by atoms with E-state index >= 15 is 0 Å². The molecular weight excluding hydrogens is 431 g/mol. The molecular formula is C22H29FN6O4. The fraction of sp³-hybridized carbons (Fsp3) is 0.591. The normalized spacial score (nSPS) is 21.0. The zero-order valence-electron chi connectivity index (χ0n) is 18.8. The van der Waals surface area contributed by atoms with Crippen LogP contribution in [-0.2, 0) is 19.1 Å². The van der Waals surface area contributed by atoms with Crippen molar-refractivity contribution >= 4 is 28.9 Å². The highest BCUT2D eigenvalue weighted by molar-refractivity contribution is 5.84. The van der Waals surface area contributed by atoms with Gasteiger partial charge in [0.1, 0.15) is 18.9 Å². The summed E-state index contributed by atoms with van der Waals surface area (Å²) in [6, 6.07) is -0.809. The van der Waals surface area contributed by atoms with Gasteiger partial charge in [-0.25, -0.2) is 9.78 Å². The molecule has 11 heteroatoms. The zero-order chi connectivity index (χ0) is 24.0. The van der Waals surface area contributed by atoms with Crippen molar-refractivity contribution < 1.29 is 23.5 Å². The molecule has 10 nitrogen and oxygen atoms in total. The standard InChI is InChI=1S/C22H29FN6O4/c1-4-6-7-8-9-15(30)26-14(3)20(31)32-12-22(5-2)11-10-16(33-22)29-13-25-17-18(24)27-21(23)28-19(17)29/h2,13-14,16H,4,6-12H2,1,3H3,(H,26,30)(H2,24,27,28)/t14-,16+,22-/m0/s1. The molecule has 2 aromatic rings. The Hall–Kier alpha value is -3.26. The number of aromatic nitrogens is 4. The summed E-state index contributed by atoms with van der Waals surface area (Å²) < 4.78 is 26.5. The molecule has 0 unspecified atom stereocenters. The Bertz CT molecular complexity index is 1050. The Labute approximate surface area is 191 Å². The van der Waals surface area contributed by atoms with Crippen LogP contribution in [0, 0.1) is 18.4 Å². The van der Waals surface area contributed by atoms with Crippen molar-refractivity contribution in [3.8, 4) is 12.3 Å². The molecule has 1 aliphatic rings. The Morgan fingerprint density at radius 3 is 2.97 bits per heavy atom. The number of unbranched alkanes of at least 4 members (excludes halogenated alkanes) is 3. The quantitative estimate of drug-likeness (QED) is 0.239. The van der Waals surface area contributed by atoms with Gasteiger partial charge in [-0.15, -0.1) is 6.42 Å². The average molecular weight is 461 g/mol. The van der Waals surface area contributed by atoms with Crippen molar-refractivity contribution in [2.75, 3.05) is 12.3 Å². The molecule has 1 aliphatic heterocycles. The number of anilines is 1. The first-order chi connectivity index (χ1) is 15.8. The fourth-order valence-corrected chi connectivity index (χ4v) is 3.70. The fourth-order valence-electron chi connectivity index (χ4n) is 3.70. The molecule has 2 aromatic heterocycles. The minimum absolute atomic E-state index is 0.0761. The highest BCUT2D eigenvalue weighted by Gasteiger charge is 2.42. The number of amides is 1. The molecule has 3 rings (SSSR count). The molecule has 1 fully saturated rings. The predicted octanol–water partition coefficient (Wildman–Crippen LogP) is 2.25. The first-order valence-electron chi connectivity index (χ1n) is 11.1. The first kappa shape index (κ1) is 24.4. The SMILES string of the molecule is C#C[C@@]1(COC(=O)[C@H](C)NC(=O)CCCCCC)CC[C@H](n2cnc3c(N)nc(F)nc32)O1. The van der Waals surface area contributed by atoms with Crippen LogP contribution < -0.4 is 11.1 Å². The van der Waals surface area contributed by atoms with Crippen LogP contribution in [0.5, 0.6) is 0 Å². The Balaban J connectivity index is 1.56. The van der Waals surface area contributed by atoms with Crippen LogP contribution in [0.3, 0.4) is 0 Å². The van der Waals surface area contributed by atoms with Crippen LogP contribution in [0.2, 0.25) is 0 Å². The van der Waals surface area contributed by atoms with Crippen molar-refractivity contribution in [3.05, 3.63) is 12.4 Å². The van der Waals surface area contributed by atoms with Crippen LogP contribution in [-0.4, -0.2) is 49.6 Å². The number of fused-ring (bicyclic) bond motifs is 1. The molecule has 0 saturated carbocycles. The van der Waals surface area contributed by atoms with E-state index in [4.69, 9.17) is 21.6 Å². The van der Waals surface area contributed by atoms with Gasteiger partial charge < -0.3 is 20.5 Å². The van der Waals surface area contributed by atoms with E-state index in [0.29, 0.717) is 19.3 Å². The summed E-state index contributed by atoms with van der Waals surface area (Å²) in [5, 5.41) is 2.64. The lowest BCUT2D eigenvalue weighted by Gasteiger charge is -2.24. The molecule has 0 spiro atoms. The lowest BCUT2D eigenvalue weighted by Crippen LogP contribution is -2.42. The third-order valence-electron chi connectivity index (χ3n) is 5.59. The molecule has 0 aromatic carbocycles. The number of nitrogens with two attached hydrogens (primary N) is 1. The summed E-state index contributed by atoms with van der Waals surface area (Å²) in [6.45, 7) is 3.47. The lowest BCUT2D eigenvalue weighted by molar-refractivity contribution is -0.155. The van der Waals surface area contributed by atoms with Gasteiger partial charge in [-0.1, -0.05) is 32.1 Å². The van der Waals surface area contributed by atoms with E-state index in [1.54, 1.807) is 6.92 Å². The van der Waals surface area contributed by atoms with Crippen molar-refractivity contribution in [1.82, 2.24) is 24.8 Å². The number of rotatable bonds is 10. The van der Waals surface area contributed by atoms with Crippen LogP contribution in [0.4, 0.5) is 10.2 Å². The molecule has 0 aliphatic carbocycles. The molecule has 178 valence electrons. The zero-order valence-corrected chi connectivity index (χ0v) is 18.8. The largest absolute Gasteiger partial charge is 0.460 e. The molecule has 1 saturated heterocycles.